The fraction of sp³-hybridized carbons (Fsp3) is 0.500. The van der Waals surface area contributed by atoms with Crippen LogP contribution < -0.4 is 0 Å². The maximum Gasteiger partial charge on any atom is 0.150 e. The number of isothiocyanates is 1. The lowest BCUT2D eigenvalue weighted by molar-refractivity contribution is 0.249. The molecule has 0 aromatic heterocycles. The summed E-state index contributed by atoms with van der Waals surface area (Å²) in [5, 5.41) is 2.21. The van der Waals surface area contributed by atoms with Crippen molar-refractivity contribution in [3.63, 3.8) is 0 Å². The van der Waals surface area contributed by atoms with Gasteiger partial charge in [0.1, 0.15) is 11.5 Å². The third-order valence-electron chi connectivity index (χ3n) is 6.42. The lowest BCUT2D eigenvalue weighted by atomic mass is 9.78. The van der Waals surface area contributed by atoms with Crippen molar-refractivity contribution in [2.24, 2.45) is 16.8 Å². The van der Waals surface area contributed by atoms with E-state index in [1.54, 1.807) is 6.07 Å². The van der Waals surface area contributed by atoms with Crippen molar-refractivity contribution in [1.82, 2.24) is 0 Å². The van der Waals surface area contributed by atoms with E-state index in [0.29, 0.717) is 0 Å². The normalized spacial score (nSPS) is 19.0. The number of rotatable bonds is 9. The third kappa shape index (κ3) is 6.59. The van der Waals surface area contributed by atoms with Crippen LogP contribution >= 0.6 is 12.2 Å². The second-order valence-corrected chi connectivity index (χ2v) is 8.67. The van der Waals surface area contributed by atoms with Crippen LogP contribution in [-0.2, 0) is 6.42 Å². The van der Waals surface area contributed by atoms with Crippen molar-refractivity contribution in [2.45, 2.75) is 71.1 Å². The Morgan fingerprint density at radius 1 is 0.931 bits per heavy atom. The average Bonchev–Trinajstić information content (AvgIpc) is 2.75. The minimum atomic E-state index is -0.366. The van der Waals surface area contributed by atoms with Crippen molar-refractivity contribution in [2.75, 3.05) is 0 Å². The second kappa shape index (κ2) is 11.4. The maximum atomic E-state index is 14.1. The molecule has 0 bridgehead atoms. The first-order valence-electron chi connectivity index (χ1n) is 11.2. The van der Waals surface area contributed by atoms with Gasteiger partial charge in [-0.15, -0.1) is 0 Å². The first-order valence-corrected chi connectivity index (χ1v) is 11.6. The van der Waals surface area contributed by atoms with Gasteiger partial charge in [-0.05, 0) is 65.7 Å². The van der Waals surface area contributed by atoms with Crippen LogP contribution in [-0.4, -0.2) is 5.16 Å². The van der Waals surface area contributed by atoms with Crippen LogP contribution in [0.3, 0.4) is 0 Å². The predicted molar refractivity (Wildman–Crippen MR) is 124 cm³/mol. The Hall–Kier alpha value is -1.83. The number of aliphatic imine (C=N–C) groups is 1. The molecule has 1 nitrogen and oxygen atoms in total. The number of hydrogen-bond acceptors (Lipinski definition) is 2. The zero-order valence-electron chi connectivity index (χ0n) is 17.5. The van der Waals surface area contributed by atoms with Crippen LogP contribution in [0.25, 0.3) is 11.1 Å². The molecule has 0 atom stereocenters. The van der Waals surface area contributed by atoms with E-state index < -0.39 is 0 Å². The number of benzene rings is 2. The van der Waals surface area contributed by atoms with Gasteiger partial charge in [-0.1, -0.05) is 88.6 Å². The monoisotopic (exact) mass is 409 g/mol. The summed E-state index contributed by atoms with van der Waals surface area (Å²) in [5.41, 5.74) is 3.50. The molecule has 0 heterocycles. The van der Waals surface area contributed by atoms with Gasteiger partial charge in [0, 0.05) is 0 Å². The molecule has 1 saturated carbocycles. The third-order valence-corrected chi connectivity index (χ3v) is 6.52. The summed E-state index contributed by atoms with van der Waals surface area (Å²) in [7, 11) is 0. The molecule has 0 N–H and O–H groups in total. The minimum Gasteiger partial charge on any atom is -0.205 e. The van der Waals surface area contributed by atoms with E-state index in [9.17, 15) is 4.39 Å². The number of hydrogen-bond donors (Lipinski definition) is 0. The Labute approximate surface area is 180 Å². The number of halogens is 1. The van der Waals surface area contributed by atoms with E-state index in [4.69, 9.17) is 0 Å². The highest BCUT2D eigenvalue weighted by Crippen LogP contribution is 2.34. The van der Waals surface area contributed by atoms with Crippen LogP contribution in [0.4, 0.5) is 10.1 Å². The quantitative estimate of drug-likeness (QED) is 0.229. The molecule has 0 amide bonds. The van der Waals surface area contributed by atoms with E-state index in [2.05, 4.69) is 53.6 Å². The molecule has 3 rings (SSSR count). The zero-order chi connectivity index (χ0) is 20.5. The molecule has 154 valence electrons. The highest BCUT2D eigenvalue weighted by atomic mass is 32.1. The zero-order valence-corrected chi connectivity index (χ0v) is 18.3. The molecule has 0 spiro atoms. The highest BCUT2D eigenvalue weighted by Gasteiger charge is 2.20. The van der Waals surface area contributed by atoms with Gasteiger partial charge in [0.25, 0.3) is 0 Å². The lowest BCUT2D eigenvalue weighted by Crippen LogP contribution is -2.15. The molecule has 1 aliphatic rings. The fourth-order valence-corrected chi connectivity index (χ4v) is 4.65. The number of thiocarbonyl (C=S) groups is 1. The fourth-order valence-electron chi connectivity index (χ4n) is 4.55. The van der Waals surface area contributed by atoms with Crippen molar-refractivity contribution >= 4 is 23.1 Å². The Morgan fingerprint density at radius 2 is 1.59 bits per heavy atom. The van der Waals surface area contributed by atoms with Crippen LogP contribution in [0, 0.1) is 17.7 Å². The van der Waals surface area contributed by atoms with Gasteiger partial charge in [-0.25, -0.2) is 4.39 Å². The van der Waals surface area contributed by atoms with E-state index in [0.717, 1.165) is 29.4 Å². The largest absolute Gasteiger partial charge is 0.205 e. The molecular weight excluding hydrogens is 377 g/mol. The van der Waals surface area contributed by atoms with Crippen molar-refractivity contribution in [3.05, 3.63) is 53.8 Å². The minimum absolute atomic E-state index is 0.237. The molecule has 0 unspecified atom stereocenters. The second-order valence-electron chi connectivity index (χ2n) is 8.49. The maximum absolute atomic E-state index is 14.1. The number of nitrogens with zero attached hydrogens (tertiary/aromatic N) is 1. The van der Waals surface area contributed by atoms with Crippen molar-refractivity contribution in [3.8, 4) is 11.1 Å². The molecule has 0 radical (unpaired) electrons. The predicted octanol–water partition coefficient (Wildman–Crippen LogP) is 8.55. The van der Waals surface area contributed by atoms with Gasteiger partial charge in [0.2, 0.25) is 0 Å². The van der Waals surface area contributed by atoms with Gasteiger partial charge in [0.05, 0.1) is 5.16 Å². The number of unbranched alkanes of at least 4 members (excludes halogenated alkanes) is 2. The molecule has 1 fully saturated rings. The van der Waals surface area contributed by atoms with Crippen LogP contribution in [0.5, 0.6) is 0 Å². The van der Waals surface area contributed by atoms with E-state index in [1.807, 2.05) is 6.07 Å². The molecule has 0 aliphatic heterocycles. The van der Waals surface area contributed by atoms with Gasteiger partial charge < -0.3 is 0 Å². The standard InChI is InChI=1S/C26H32FNS/c1-2-3-4-5-20-6-8-21(9-7-20)10-11-22-12-14-23(15-13-22)24-16-17-26(28-19-29)25(27)18-24/h12-18,20-21H,2-11H2,1H3. The molecular formula is C26H32FNS. The van der Waals surface area contributed by atoms with Gasteiger partial charge >= 0.3 is 0 Å². The van der Waals surface area contributed by atoms with Crippen LogP contribution in [0.1, 0.15) is 70.3 Å². The number of aryl methyl sites for hydroxylation is 1. The summed E-state index contributed by atoms with van der Waals surface area (Å²) in [4.78, 5) is 3.74. The molecule has 29 heavy (non-hydrogen) atoms. The van der Waals surface area contributed by atoms with E-state index >= 15 is 0 Å². The van der Waals surface area contributed by atoms with Crippen LogP contribution in [0.2, 0.25) is 0 Å². The first-order chi connectivity index (χ1) is 14.2. The van der Waals surface area contributed by atoms with E-state index in [1.165, 1.54) is 69.4 Å². The topological polar surface area (TPSA) is 12.4 Å². The lowest BCUT2D eigenvalue weighted by Gasteiger charge is -2.28. The Morgan fingerprint density at radius 3 is 2.21 bits per heavy atom. The SMILES string of the molecule is CCCCCC1CCC(CCc2ccc(-c3ccc(N=C=S)c(F)c3)cc2)CC1. The highest BCUT2D eigenvalue weighted by molar-refractivity contribution is 7.78. The molecule has 2 aromatic carbocycles. The molecule has 0 saturated heterocycles. The Balaban J connectivity index is 1.48. The van der Waals surface area contributed by atoms with E-state index in [-0.39, 0.29) is 11.5 Å². The van der Waals surface area contributed by atoms with Gasteiger partial charge in [-0.3, -0.25) is 0 Å². The molecule has 1 aliphatic carbocycles. The van der Waals surface area contributed by atoms with Gasteiger partial charge in [0.15, 0.2) is 0 Å². The smallest absolute Gasteiger partial charge is 0.150 e. The Bertz CT molecular complexity index is 815. The summed E-state index contributed by atoms with van der Waals surface area (Å²) in [6.45, 7) is 2.29. The summed E-state index contributed by atoms with van der Waals surface area (Å²) in [6.07, 6.45) is 13.7. The first kappa shape index (κ1) is 21.9. The van der Waals surface area contributed by atoms with Gasteiger partial charge in [-0.2, -0.15) is 4.99 Å². The van der Waals surface area contributed by atoms with Crippen LogP contribution in [0.15, 0.2) is 47.5 Å². The Kier molecular flexibility index (Phi) is 8.58. The summed E-state index contributed by atoms with van der Waals surface area (Å²) >= 11 is 4.55. The van der Waals surface area contributed by atoms with Crippen molar-refractivity contribution in [1.29, 1.82) is 0 Å². The van der Waals surface area contributed by atoms with Crippen molar-refractivity contribution < 1.29 is 4.39 Å². The average molecular weight is 410 g/mol. The summed E-state index contributed by atoms with van der Waals surface area (Å²) in [6, 6.07) is 13.6. The summed E-state index contributed by atoms with van der Waals surface area (Å²) < 4.78 is 14.1. The summed E-state index contributed by atoms with van der Waals surface area (Å²) in [5.74, 6) is 1.51. The molecule has 2 aromatic rings. The molecule has 3 heteroatoms.